The zero-order chi connectivity index (χ0) is 14.0. The van der Waals surface area contributed by atoms with Crippen LogP contribution in [0.15, 0.2) is 30.3 Å². The van der Waals surface area contributed by atoms with Crippen molar-refractivity contribution in [3.63, 3.8) is 0 Å². The molecule has 1 heteroatoms. The summed E-state index contributed by atoms with van der Waals surface area (Å²) in [7, 11) is 0. The van der Waals surface area contributed by atoms with Crippen molar-refractivity contribution in [2.45, 2.75) is 41.2 Å². The van der Waals surface area contributed by atoms with Crippen molar-refractivity contribution < 1.29 is 0 Å². The molecule has 0 saturated heterocycles. The van der Waals surface area contributed by atoms with Crippen LogP contribution in [-0.4, -0.2) is 0 Å². The molecule has 0 unspecified atom stereocenters. The van der Waals surface area contributed by atoms with Crippen LogP contribution >= 0.6 is 0 Å². The molecule has 2 aromatic carbocycles. The summed E-state index contributed by atoms with van der Waals surface area (Å²) in [5.74, 6) is 0. The Morgan fingerprint density at radius 1 is 0.737 bits per heavy atom. The third-order valence-electron chi connectivity index (χ3n) is 3.69. The molecule has 19 heavy (non-hydrogen) atoms. The molecule has 0 atom stereocenters. The van der Waals surface area contributed by atoms with Gasteiger partial charge in [-0.05, 0) is 68.5 Å². The van der Waals surface area contributed by atoms with Gasteiger partial charge in [0.05, 0.1) is 0 Å². The van der Waals surface area contributed by atoms with Crippen LogP contribution in [-0.2, 0) is 6.54 Å². The number of hydrogen-bond acceptors (Lipinski definition) is 1. The third-order valence-corrected chi connectivity index (χ3v) is 3.69. The van der Waals surface area contributed by atoms with E-state index < -0.39 is 0 Å². The SMILES string of the molecule is Cc1cc(C)c(CNc2cc(C)ccc2C)c(C)c1. The molecule has 0 heterocycles. The number of rotatable bonds is 3. The minimum Gasteiger partial charge on any atom is -0.381 e. The topological polar surface area (TPSA) is 12.0 Å². The minimum atomic E-state index is 0.891. The molecule has 1 N–H and O–H groups in total. The van der Waals surface area contributed by atoms with Crippen molar-refractivity contribution in [1.29, 1.82) is 0 Å². The lowest BCUT2D eigenvalue weighted by Gasteiger charge is -2.15. The van der Waals surface area contributed by atoms with E-state index in [1.165, 1.54) is 39.1 Å². The molecule has 0 aromatic heterocycles. The fraction of sp³-hybridized carbons (Fsp3) is 0.333. The first kappa shape index (κ1) is 13.7. The van der Waals surface area contributed by atoms with Gasteiger partial charge in [-0.25, -0.2) is 0 Å². The molecule has 0 bridgehead atoms. The van der Waals surface area contributed by atoms with Crippen LogP contribution in [0.2, 0.25) is 0 Å². The number of hydrogen-bond donors (Lipinski definition) is 1. The van der Waals surface area contributed by atoms with Crippen molar-refractivity contribution in [2.24, 2.45) is 0 Å². The zero-order valence-electron chi connectivity index (χ0n) is 12.6. The summed E-state index contributed by atoms with van der Waals surface area (Å²) < 4.78 is 0. The lowest BCUT2D eigenvalue weighted by molar-refractivity contribution is 1.08. The van der Waals surface area contributed by atoms with Gasteiger partial charge in [-0.15, -0.1) is 0 Å². The van der Waals surface area contributed by atoms with Gasteiger partial charge in [-0.3, -0.25) is 0 Å². The second-order valence-corrected chi connectivity index (χ2v) is 5.55. The lowest BCUT2D eigenvalue weighted by Crippen LogP contribution is -2.05. The van der Waals surface area contributed by atoms with E-state index in [4.69, 9.17) is 0 Å². The van der Waals surface area contributed by atoms with Crippen LogP contribution in [0.1, 0.15) is 33.4 Å². The smallest absolute Gasteiger partial charge is 0.0406 e. The van der Waals surface area contributed by atoms with E-state index >= 15 is 0 Å². The van der Waals surface area contributed by atoms with Crippen LogP contribution in [0.3, 0.4) is 0 Å². The Balaban J connectivity index is 2.21. The normalized spacial score (nSPS) is 10.6. The van der Waals surface area contributed by atoms with E-state index in [1.807, 2.05) is 0 Å². The number of nitrogens with one attached hydrogen (secondary N) is 1. The summed E-state index contributed by atoms with van der Waals surface area (Å²) in [5, 5.41) is 3.57. The summed E-state index contributed by atoms with van der Waals surface area (Å²) >= 11 is 0. The summed E-state index contributed by atoms with van der Waals surface area (Å²) in [6, 6.07) is 11.1. The Labute approximate surface area is 116 Å². The number of benzene rings is 2. The Kier molecular flexibility index (Phi) is 3.94. The average molecular weight is 253 g/mol. The first-order valence-electron chi connectivity index (χ1n) is 6.85. The molecule has 0 aliphatic heterocycles. The van der Waals surface area contributed by atoms with Gasteiger partial charge in [0.1, 0.15) is 0 Å². The summed E-state index contributed by atoms with van der Waals surface area (Å²) in [4.78, 5) is 0. The third kappa shape index (κ3) is 3.17. The van der Waals surface area contributed by atoms with Crippen molar-refractivity contribution in [3.05, 3.63) is 63.7 Å². The highest BCUT2D eigenvalue weighted by Crippen LogP contribution is 2.21. The van der Waals surface area contributed by atoms with Crippen molar-refractivity contribution in [3.8, 4) is 0 Å². The number of aryl methyl sites for hydroxylation is 5. The van der Waals surface area contributed by atoms with Gasteiger partial charge in [0.15, 0.2) is 0 Å². The standard InChI is InChI=1S/C18H23N/c1-12-6-7-14(3)18(10-12)19-11-17-15(4)8-13(2)9-16(17)5/h6-10,19H,11H2,1-5H3. The molecule has 0 aliphatic carbocycles. The summed E-state index contributed by atoms with van der Waals surface area (Å²) in [6.07, 6.45) is 0. The van der Waals surface area contributed by atoms with E-state index in [0.717, 1.165) is 6.54 Å². The maximum Gasteiger partial charge on any atom is 0.0406 e. The molecule has 0 spiro atoms. The van der Waals surface area contributed by atoms with Crippen LogP contribution in [0.5, 0.6) is 0 Å². The largest absolute Gasteiger partial charge is 0.381 e. The second-order valence-electron chi connectivity index (χ2n) is 5.55. The molecule has 2 aromatic rings. The van der Waals surface area contributed by atoms with Crippen LogP contribution in [0.4, 0.5) is 5.69 Å². The summed E-state index contributed by atoms with van der Waals surface area (Å²) in [5.41, 5.74) is 9.32. The second kappa shape index (κ2) is 5.48. The molecule has 100 valence electrons. The summed E-state index contributed by atoms with van der Waals surface area (Å²) in [6.45, 7) is 11.7. The van der Waals surface area contributed by atoms with Crippen molar-refractivity contribution in [1.82, 2.24) is 0 Å². The molecule has 0 saturated carbocycles. The molecular formula is C18H23N. The molecule has 2 rings (SSSR count). The van der Waals surface area contributed by atoms with Crippen molar-refractivity contribution >= 4 is 5.69 Å². The van der Waals surface area contributed by atoms with Gasteiger partial charge in [-0.1, -0.05) is 29.8 Å². The average Bonchev–Trinajstić information content (AvgIpc) is 2.32. The number of anilines is 1. The van der Waals surface area contributed by atoms with E-state index in [2.05, 4.69) is 70.3 Å². The molecule has 0 radical (unpaired) electrons. The molecule has 0 amide bonds. The molecule has 0 fully saturated rings. The van der Waals surface area contributed by atoms with Crippen LogP contribution in [0.25, 0.3) is 0 Å². The Morgan fingerprint density at radius 3 is 2.00 bits per heavy atom. The van der Waals surface area contributed by atoms with Gasteiger partial charge in [0, 0.05) is 12.2 Å². The Bertz CT molecular complexity index is 574. The zero-order valence-corrected chi connectivity index (χ0v) is 12.6. The van der Waals surface area contributed by atoms with E-state index in [0.29, 0.717) is 0 Å². The fourth-order valence-electron chi connectivity index (χ4n) is 2.60. The van der Waals surface area contributed by atoms with Gasteiger partial charge in [-0.2, -0.15) is 0 Å². The predicted octanol–water partition coefficient (Wildman–Crippen LogP) is 4.84. The van der Waals surface area contributed by atoms with Gasteiger partial charge in [0.2, 0.25) is 0 Å². The van der Waals surface area contributed by atoms with Crippen molar-refractivity contribution in [2.75, 3.05) is 5.32 Å². The highest BCUT2D eigenvalue weighted by atomic mass is 14.9. The quantitative estimate of drug-likeness (QED) is 0.825. The van der Waals surface area contributed by atoms with Gasteiger partial charge >= 0.3 is 0 Å². The predicted molar refractivity (Wildman–Crippen MR) is 83.9 cm³/mol. The van der Waals surface area contributed by atoms with E-state index in [1.54, 1.807) is 0 Å². The first-order chi connectivity index (χ1) is 8.97. The Morgan fingerprint density at radius 2 is 1.37 bits per heavy atom. The monoisotopic (exact) mass is 253 g/mol. The van der Waals surface area contributed by atoms with Gasteiger partial charge < -0.3 is 5.32 Å². The molecule has 0 aliphatic rings. The maximum absolute atomic E-state index is 3.57. The lowest BCUT2D eigenvalue weighted by atomic mass is 9.99. The van der Waals surface area contributed by atoms with Crippen LogP contribution in [0, 0.1) is 34.6 Å². The van der Waals surface area contributed by atoms with Crippen LogP contribution < -0.4 is 5.32 Å². The Hall–Kier alpha value is -1.76. The molecular weight excluding hydrogens is 230 g/mol. The molecule has 1 nitrogen and oxygen atoms in total. The highest BCUT2D eigenvalue weighted by Gasteiger charge is 2.05. The first-order valence-corrected chi connectivity index (χ1v) is 6.85. The van der Waals surface area contributed by atoms with E-state index in [-0.39, 0.29) is 0 Å². The fourth-order valence-corrected chi connectivity index (χ4v) is 2.60. The maximum atomic E-state index is 3.57. The van der Waals surface area contributed by atoms with Gasteiger partial charge in [0.25, 0.3) is 0 Å². The van der Waals surface area contributed by atoms with E-state index in [9.17, 15) is 0 Å². The highest BCUT2D eigenvalue weighted by molar-refractivity contribution is 5.53. The minimum absolute atomic E-state index is 0.891.